The van der Waals surface area contributed by atoms with E-state index in [1.54, 1.807) is 0 Å². The van der Waals surface area contributed by atoms with E-state index in [1.807, 2.05) is 24.3 Å². The summed E-state index contributed by atoms with van der Waals surface area (Å²) < 4.78 is 0. The third-order valence-electron chi connectivity index (χ3n) is 4.93. The Balaban J connectivity index is 1.66. The van der Waals surface area contributed by atoms with Gasteiger partial charge in [-0.3, -0.25) is 4.79 Å². The van der Waals surface area contributed by atoms with Crippen LogP contribution in [0, 0.1) is 0 Å². The molecule has 0 radical (unpaired) electrons. The van der Waals surface area contributed by atoms with E-state index < -0.39 is 6.09 Å². The largest absolute Gasteiger partial charge is 0.465 e. The lowest BCUT2D eigenvalue weighted by Gasteiger charge is -2.24. The minimum atomic E-state index is -0.902. The van der Waals surface area contributed by atoms with E-state index >= 15 is 0 Å². The van der Waals surface area contributed by atoms with Gasteiger partial charge in [-0.05, 0) is 35.1 Å². The number of halogens is 1. The standard InChI is InChI=1S/C21H23BrN2O3/c22-13-20(25)23-11-5-6-12-24(21(26)27)14-19-17-9-3-1-7-15(17)16-8-2-4-10-18(16)19/h1-4,7-10,19H,5-6,11-14H2,(H,23,25)(H,26,27). The zero-order chi connectivity index (χ0) is 19.2. The summed E-state index contributed by atoms with van der Waals surface area (Å²) in [6.07, 6.45) is 0.562. The maximum Gasteiger partial charge on any atom is 0.407 e. The first-order valence-corrected chi connectivity index (χ1v) is 10.2. The number of carboxylic acid groups (broad SMARTS) is 1. The van der Waals surface area contributed by atoms with Crippen LogP contribution in [0.2, 0.25) is 0 Å². The van der Waals surface area contributed by atoms with Gasteiger partial charge in [0, 0.05) is 25.6 Å². The molecule has 1 aliphatic rings. The van der Waals surface area contributed by atoms with Crippen LogP contribution in [0.15, 0.2) is 48.5 Å². The molecule has 2 aromatic carbocycles. The Labute approximate surface area is 167 Å². The average molecular weight is 431 g/mol. The van der Waals surface area contributed by atoms with E-state index in [-0.39, 0.29) is 17.2 Å². The molecule has 3 rings (SSSR count). The van der Waals surface area contributed by atoms with E-state index in [2.05, 4.69) is 45.5 Å². The van der Waals surface area contributed by atoms with Crippen LogP contribution in [-0.2, 0) is 4.79 Å². The normalized spacial score (nSPS) is 12.3. The number of nitrogens with one attached hydrogen (secondary N) is 1. The fraction of sp³-hybridized carbons (Fsp3) is 0.333. The lowest BCUT2D eigenvalue weighted by molar-refractivity contribution is -0.118. The smallest absolute Gasteiger partial charge is 0.407 e. The van der Waals surface area contributed by atoms with Crippen LogP contribution >= 0.6 is 15.9 Å². The topological polar surface area (TPSA) is 69.6 Å². The molecule has 2 N–H and O–H groups in total. The maximum atomic E-state index is 11.8. The van der Waals surface area contributed by atoms with Crippen molar-refractivity contribution in [2.75, 3.05) is 25.0 Å². The van der Waals surface area contributed by atoms with Gasteiger partial charge in [0.2, 0.25) is 5.91 Å². The zero-order valence-corrected chi connectivity index (χ0v) is 16.6. The fourth-order valence-electron chi connectivity index (χ4n) is 3.64. The Bertz CT molecular complexity index is 779. The van der Waals surface area contributed by atoms with Crippen LogP contribution < -0.4 is 5.32 Å². The number of rotatable bonds is 8. The quantitative estimate of drug-likeness (QED) is 0.489. The van der Waals surface area contributed by atoms with E-state index in [0.29, 0.717) is 26.1 Å². The molecule has 0 saturated carbocycles. The molecule has 0 fully saturated rings. The Kier molecular flexibility index (Phi) is 6.50. The molecular formula is C21H23BrN2O3. The van der Waals surface area contributed by atoms with Gasteiger partial charge in [0.05, 0.1) is 5.33 Å². The third kappa shape index (κ3) is 4.50. The minimum absolute atomic E-state index is 0.0516. The lowest BCUT2D eigenvalue weighted by Crippen LogP contribution is -2.35. The number of nitrogens with zero attached hydrogens (tertiary/aromatic N) is 1. The molecule has 0 bridgehead atoms. The molecule has 2 aromatic rings. The second-order valence-electron chi connectivity index (χ2n) is 6.65. The highest BCUT2D eigenvalue weighted by molar-refractivity contribution is 9.09. The second kappa shape index (κ2) is 9.04. The number of carbonyl (C=O) groups is 2. The van der Waals surface area contributed by atoms with Gasteiger partial charge in [-0.1, -0.05) is 64.5 Å². The van der Waals surface area contributed by atoms with Crippen LogP contribution in [0.3, 0.4) is 0 Å². The molecule has 0 atom stereocenters. The Morgan fingerprint density at radius 1 is 1.00 bits per heavy atom. The highest BCUT2D eigenvalue weighted by Crippen LogP contribution is 2.44. The first-order chi connectivity index (χ1) is 13.1. The highest BCUT2D eigenvalue weighted by atomic mass is 79.9. The van der Waals surface area contributed by atoms with E-state index in [1.165, 1.54) is 27.2 Å². The number of hydrogen-bond acceptors (Lipinski definition) is 2. The monoisotopic (exact) mass is 430 g/mol. The van der Waals surface area contributed by atoms with Gasteiger partial charge >= 0.3 is 6.09 Å². The minimum Gasteiger partial charge on any atom is -0.465 e. The average Bonchev–Trinajstić information content (AvgIpc) is 3.00. The van der Waals surface area contributed by atoms with Crippen molar-refractivity contribution in [1.82, 2.24) is 10.2 Å². The number of hydrogen-bond donors (Lipinski definition) is 2. The first-order valence-electron chi connectivity index (χ1n) is 9.10. The molecule has 0 saturated heterocycles. The van der Waals surface area contributed by atoms with Crippen molar-refractivity contribution in [1.29, 1.82) is 0 Å². The van der Waals surface area contributed by atoms with Crippen molar-refractivity contribution in [2.45, 2.75) is 18.8 Å². The summed E-state index contributed by atoms with van der Waals surface area (Å²) >= 11 is 3.10. The van der Waals surface area contributed by atoms with Gasteiger partial charge < -0.3 is 15.3 Å². The summed E-state index contributed by atoms with van der Waals surface area (Å²) in [6, 6.07) is 16.5. The molecule has 1 aliphatic carbocycles. The van der Waals surface area contributed by atoms with Crippen LogP contribution in [0.4, 0.5) is 4.79 Å². The van der Waals surface area contributed by atoms with Crippen molar-refractivity contribution in [3.8, 4) is 11.1 Å². The van der Waals surface area contributed by atoms with Crippen LogP contribution in [0.5, 0.6) is 0 Å². The summed E-state index contributed by atoms with van der Waals surface area (Å²) in [5, 5.41) is 12.7. The molecule has 0 aliphatic heterocycles. The molecular weight excluding hydrogens is 408 g/mol. The Morgan fingerprint density at radius 2 is 1.59 bits per heavy atom. The second-order valence-corrected chi connectivity index (χ2v) is 7.21. The molecule has 0 unspecified atom stereocenters. The number of alkyl halides is 1. The Morgan fingerprint density at radius 3 is 2.15 bits per heavy atom. The third-order valence-corrected chi connectivity index (χ3v) is 5.44. The lowest BCUT2D eigenvalue weighted by atomic mass is 9.96. The van der Waals surface area contributed by atoms with Crippen LogP contribution in [0.1, 0.15) is 29.9 Å². The molecule has 6 heteroatoms. The van der Waals surface area contributed by atoms with Gasteiger partial charge in [-0.2, -0.15) is 0 Å². The fourth-order valence-corrected chi connectivity index (χ4v) is 3.84. The maximum absolute atomic E-state index is 11.8. The zero-order valence-electron chi connectivity index (χ0n) is 15.0. The summed E-state index contributed by atoms with van der Waals surface area (Å²) in [6.45, 7) is 1.46. The number of benzene rings is 2. The number of unbranched alkanes of at least 4 members (excludes halogenated alkanes) is 1. The molecule has 27 heavy (non-hydrogen) atoms. The van der Waals surface area contributed by atoms with Crippen molar-refractivity contribution < 1.29 is 14.7 Å². The summed E-state index contributed by atoms with van der Waals surface area (Å²) in [5.74, 6) is 0.00543. The molecule has 142 valence electrons. The van der Waals surface area contributed by atoms with E-state index in [0.717, 1.165) is 6.42 Å². The summed E-state index contributed by atoms with van der Waals surface area (Å²) in [7, 11) is 0. The first kappa shape index (κ1) is 19.4. The SMILES string of the molecule is O=C(CBr)NCCCCN(CC1c2ccccc2-c2ccccc21)C(=O)O. The van der Waals surface area contributed by atoms with Gasteiger partial charge in [-0.15, -0.1) is 0 Å². The number of fused-ring (bicyclic) bond motifs is 3. The van der Waals surface area contributed by atoms with Crippen molar-refractivity contribution in [3.63, 3.8) is 0 Å². The van der Waals surface area contributed by atoms with Crippen molar-refractivity contribution in [3.05, 3.63) is 59.7 Å². The van der Waals surface area contributed by atoms with Gasteiger partial charge in [-0.25, -0.2) is 4.79 Å². The molecule has 2 amide bonds. The predicted octanol–water partition coefficient (Wildman–Crippen LogP) is 4.07. The van der Waals surface area contributed by atoms with Crippen molar-refractivity contribution in [2.24, 2.45) is 0 Å². The van der Waals surface area contributed by atoms with Crippen molar-refractivity contribution >= 4 is 27.9 Å². The Hall–Kier alpha value is -2.34. The van der Waals surface area contributed by atoms with E-state index in [4.69, 9.17) is 0 Å². The van der Waals surface area contributed by atoms with E-state index in [9.17, 15) is 14.7 Å². The molecule has 5 nitrogen and oxygen atoms in total. The molecule has 0 aromatic heterocycles. The summed E-state index contributed by atoms with van der Waals surface area (Å²) in [4.78, 5) is 24.5. The predicted molar refractivity (Wildman–Crippen MR) is 109 cm³/mol. The number of amides is 2. The summed E-state index contributed by atoms with van der Waals surface area (Å²) in [5.41, 5.74) is 4.77. The molecule has 0 heterocycles. The van der Waals surface area contributed by atoms with Crippen LogP contribution in [-0.4, -0.2) is 47.0 Å². The highest BCUT2D eigenvalue weighted by Gasteiger charge is 2.30. The van der Waals surface area contributed by atoms with Gasteiger partial charge in [0.1, 0.15) is 0 Å². The van der Waals surface area contributed by atoms with Crippen LogP contribution in [0.25, 0.3) is 11.1 Å². The molecule has 0 spiro atoms. The number of carbonyl (C=O) groups excluding carboxylic acids is 1. The van der Waals surface area contributed by atoms with Gasteiger partial charge in [0.15, 0.2) is 0 Å². The van der Waals surface area contributed by atoms with Gasteiger partial charge in [0.25, 0.3) is 0 Å².